The van der Waals surface area contributed by atoms with Crippen molar-refractivity contribution in [1.29, 1.82) is 0 Å². The summed E-state index contributed by atoms with van der Waals surface area (Å²) in [5.41, 5.74) is 1.61. The van der Waals surface area contributed by atoms with Gasteiger partial charge in [0, 0.05) is 10.9 Å². The van der Waals surface area contributed by atoms with Crippen LogP contribution in [-0.2, 0) is 5.60 Å². The van der Waals surface area contributed by atoms with Gasteiger partial charge in [0.25, 0.3) is 0 Å². The van der Waals surface area contributed by atoms with Gasteiger partial charge in [-0.1, -0.05) is 73.1 Å². The van der Waals surface area contributed by atoms with Crippen LogP contribution < -0.4 is 4.74 Å². The van der Waals surface area contributed by atoms with Gasteiger partial charge in [0.2, 0.25) is 0 Å². The van der Waals surface area contributed by atoms with Crippen LogP contribution in [0.5, 0.6) is 5.75 Å². The second-order valence-corrected chi connectivity index (χ2v) is 7.78. The average Bonchev–Trinajstić information content (AvgIpc) is 2.80. The predicted molar refractivity (Wildman–Crippen MR) is 119 cm³/mol. The molecule has 0 bridgehead atoms. The van der Waals surface area contributed by atoms with E-state index >= 15 is 0 Å². The van der Waals surface area contributed by atoms with Crippen molar-refractivity contribution >= 4 is 11.6 Å². The van der Waals surface area contributed by atoms with Crippen molar-refractivity contribution in [2.24, 2.45) is 0 Å². The fourth-order valence-electron chi connectivity index (χ4n) is 3.70. The number of aliphatic hydroxyl groups excluding tert-OH is 2. The van der Waals surface area contributed by atoms with Crippen molar-refractivity contribution in [3.63, 3.8) is 0 Å². The lowest BCUT2D eigenvalue weighted by Gasteiger charge is -2.37. The summed E-state index contributed by atoms with van der Waals surface area (Å²) in [5.74, 6) is 0.264. The molecule has 4 nitrogen and oxygen atoms in total. The third-order valence-corrected chi connectivity index (χ3v) is 5.61. The lowest BCUT2D eigenvalue weighted by atomic mass is 9.72. The summed E-state index contributed by atoms with van der Waals surface area (Å²) < 4.78 is 5.52. The van der Waals surface area contributed by atoms with Crippen molar-refractivity contribution < 1.29 is 20.1 Å². The maximum Gasteiger partial charge on any atom is 0.119 e. The summed E-state index contributed by atoms with van der Waals surface area (Å²) in [5, 5.41) is 30.9. The maximum absolute atomic E-state index is 11.9. The Bertz CT molecular complexity index is 912. The minimum Gasteiger partial charge on any atom is -0.491 e. The minimum absolute atomic E-state index is 0.0133. The highest BCUT2D eigenvalue weighted by Gasteiger charge is 2.39. The molecule has 0 amide bonds. The van der Waals surface area contributed by atoms with Crippen LogP contribution in [0.3, 0.4) is 0 Å². The quantitative estimate of drug-likeness (QED) is 0.471. The first-order valence-electron chi connectivity index (χ1n) is 10.0. The lowest BCUT2D eigenvalue weighted by molar-refractivity contribution is 0.0151. The fourth-order valence-corrected chi connectivity index (χ4v) is 3.83. The van der Waals surface area contributed by atoms with Gasteiger partial charge < -0.3 is 20.1 Å². The summed E-state index contributed by atoms with van der Waals surface area (Å²) in [7, 11) is 0. The lowest BCUT2D eigenvalue weighted by Crippen LogP contribution is -2.33. The second-order valence-electron chi connectivity index (χ2n) is 7.34. The van der Waals surface area contributed by atoms with Crippen molar-refractivity contribution in [2.45, 2.75) is 31.0 Å². The number of aliphatic hydroxyl groups is 3. The molecule has 5 heteroatoms. The average molecular weight is 427 g/mol. The highest BCUT2D eigenvalue weighted by molar-refractivity contribution is 6.30. The van der Waals surface area contributed by atoms with Crippen LogP contribution in [0.1, 0.15) is 36.0 Å². The maximum atomic E-state index is 11.9. The standard InChI is InChI=1S/C25H27ClO4/c1-2-25(29,20-6-4-3-5-7-20)24(18-8-12-21(26)13-9-18)19-10-14-23(15-11-19)30-17-22(28)16-27/h3-15,22,24,27-29H,2,16-17H2,1H3. The summed E-state index contributed by atoms with van der Waals surface area (Å²) in [6.07, 6.45) is -0.402. The topological polar surface area (TPSA) is 69.9 Å². The molecule has 0 saturated carbocycles. The smallest absolute Gasteiger partial charge is 0.119 e. The molecule has 3 atom stereocenters. The molecule has 0 aliphatic carbocycles. The molecule has 3 aromatic carbocycles. The van der Waals surface area contributed by atoms with Crippen LogP contribution in [0.4, 0.5) is 0 Å². The first-order valence-corrected chi connectivity index (χ1v) is 10.4. The number of halogens is 1. The van der Waals surface area contributed by atoms with Gasteiger partial charge in [0.15, 0.2) is 0 Å². The van der Waals surface area contributed by atoms with E-state index in [4.69, 9.17) is 21.4 Å². The molecule has 0 radical (unpaired) electrons. The molecule has 158 valence electrons. The van der Waals surface area contributed by atoms with Crippen LogP contribution in [0.15, 0.2) is 78.9 Å². The van der Waals surface area contributed by atoms with Crippen LogP contribution in [0.2, 0.25) is 5.02 Å². The minimum atomic E-state index is -1.12. The zero-order chi connectivity index (χ0) is 21.6. The number of hydrogen-bond donors (Lipinski definition) is 3. The van der Waals surface area contributed by atoms with Crippen LogP contribution in [-0.4, -0.2) is 34.6 Å². The van der Waals surface area contributed by atoms with Crippen LogP contribution in [0.25, 0.3) is 0 Å². The number of ether oxygens (including phenoxy) is 1. The Labute approximate surface area is 182 Å². The van der Waals surface area contributed by atoms with Gasteiger partial charge in [-0.25, -0.2) is 0 Å². The van der Waals surface area contributed by atoms with Gasteiger partial charge in [-0.3, -0.25) is 0 Å². The third-order valence-electron chi connectivity index (χ3n) is 5.36. The summed E-state index contributed by atoms with van der Waals surface area (Å²) >= 11 is 6.10. The van der Waals surface area contributed by atoms with E-state index in [0.717, 1.165) is 16.7 Å². The summed E-state index contributed by atoms with van der Waals surface area (Å²) in [6, 6.07) is 24.7. The molecule has 0 aromatic heterocycles. The van der Waals surface area contributed by atoms with Crippen molar-refractivity contribution in [2.75, 3.05) is 13.2 Å². The second kappa shape index (κ2) is 10.1. The molecule has 3 unspecified atom stereocenters. The Morgan fingerprint density at radius 2 is 1.47 bits per heavy atom. The Morgan fingerprint density at radius 3 is 2.00 bits per heavy atom. The zero-order valence-electron chi connectivity index (χ0n) is 16.9. The van der Waals surface area contributed by atoms with Crippen LogP contribution >= 0.6 is 11.6 Å². The molecule has 0 aliphatic heterocycles. The van der Waals surface area contributed by atoms with E-state index < -0.39 is 11.7 Å². The summed E-state index contributed by atoms with van der Waals surface area (Å²) in [6.45, 7) is 1.64. The van der Waals surface area contributed by atoms with Crippen LogP contribution in [0, 0.1) is 0 Å². The first-order chi connectivity index (χ1) is 14.5. The van der Waals surface area contributed by atoms with E-state index in [2.05, 4.69) is 0 Å². The molecule has 0 aliphatic rings. The molecule has 3 N–H and O–H groups in total. The Hall–Kier alpha value is -2.37. The Morgan fingerprint density at radius 1 is 0.900 bits per heavy atom. The van der Waals surface area contributed by atoms with Gasteiger partial charge in [-0.05, 0) is 47.4 Å². The monoisotopic (exact) mass is 426 g/mol. The molecular weight excluding hydrogens is 400 g/mol. The van der Waals surface area contributed by atoms with Gasteiger partial charge >= 0.3 is 0 Å². The van der Waals surface area contributed by atoms with Gasteiger partial charge in [-0.15, -0.1) is 0 Å². The van der Waals surface area contributed by atoms with Gasteiger partial charge in [0.05, 0.1) is 6.61 Å². The molecule has 0 heterocycles. The SMILES string of the molecule is CCC(O)(c1ccccc1)C(c1ccc(Cl)cc1)c1ccc(OCC(O)CO)cc1. The van der Waals surface area contributed by atoms with Crippen molar-refractivity contribution in [3.8, 4) is 5.75 Å². The highest BCUT2D eigenvalue weighted by Crippen LogP contribution is 2.44. The van der Waals surface area contributed by atoms with E-state index in [9.17, 15) is 10.2 Å². The predicted octanol–water partition coefficient (Wildman–Crippen LogP) is 4.50. The number of rotatable bonds is 9. The normalized spacial score (nSPS) is 15.2. The molecule has 0 fully saturated rings. The molecule has 30 heavy (non-hydrogen) atoms. The Kier molecular flexibility index (Phi) is 7.51. The molecule has 0 saturated heterocycles. The largest absolute Gasteiger partial charge is 0.491 e. The summed E-state index contributed by atoms with van der Waals surface area (Å²) in [4.78, 5) is 0. The van der Waals surface area contributed by atoms with Gasteiger partial charge in [-0.2, -0.15) is 0 Å². The van der Waals surface area contributed by atoms with Crippen molar-refractivity contribution in [1.82, 2.24) is 0 Å². The van der Waals surface area contributed by atoms with E-state index in [1.807, 2.05) is 85.8 Å². The third kappa shape index (κ3) is 5.02. The fraction of sp³-hybridized carbons (Fsp3) is 0.280. The van der Waals surface area contributed by atoms with E-state index in [1.165, 1.54) is 0 Å². The van der Waals surface area contributed by atoms with Gasteiger partial charge in [0.1, 0.15) is 24.1 Å². The Balaban J connectivity index is 2.01. The number of benzene rings is 3. The van der Waals surface area contributed by atoms with E-state index in [-0.39, 0.29) is 19.1 Å². The van der Waals surface area contributed by atoms with Crippen molar-refractivity contribution in [3.05, 3.63) is 101 Å². The number of hydrogen-bond acceptors (Lipinski definition) is 4. The van der Waals surface area contributed by atoms with E-state index in [1.54, 1.807) is 0 Å². The molecule has 3 rings (SSSR count). The first kappa shape index (κ1) is 22.3. The molecule has 3 aromatic rings. The highest BCUT2D eigenvalue weighted by atomic mass is 35.5. The zero-order valence-corrected chi connectivity index (χ0v) is 17.7. The van der Waals surface area contributed by atoms with E-state index in [0.29, 0.717) is 17.2 Å². The molecular formula is C25H27ClO4. The molecule has 0 spiro atoms.